The summed E-state index contributed by atoms with van der Waals surface area (Å²) in [7, 11) is 0. The average molecular weight is 415 g/mol. The van der Waals surface area contributed by atoms with Crippen molar-refractivity contribution >= 4 is 23.3 Å². The van der Waals surface area contributed by atoms with Crippen LogP contribution in [0.15, 0.2) is 29.2 Å². The van der Waals surface area contributed by atoms with Crippen LogP contribution in [-0.4, -0.2) is 29.0 Å². The van der Waals surface area contributed by atoms with Gasteiger partial charge in [0.25, 0.3) is 0 Å². The Labute approximate surface area is 177 Å². The Kier molecular flexibility index (Phi) is 8.32. The Bertz CT molecular complexity index is 902. The van der Waals surface area contributed by atoms with Gasteiger partial charge in [0.2, 0.25) is 0 Å². The summed E-state index contributed by atoms with van der Waals surface area (Å²) in [6.45, 7) is 9.61. The van der Waals surface area contributed by atoms with Gasteiger partial charge in [0.1, 0.15) is 11.5 Å². The van der Waals surface area contributed by atoms with E-state index in [0.29, 0.717) is 12.2 Å². The number of aromatic hydroxyl groups is 1. The van der Waals surface area contributed by atoms with E-state index in [4.69, 9.17) is 4.74 Å². The molecule has 0 aromatic heterocycles. The molecule has 0 unspecified atom stereocenters. The molecule has 4 nitrogen and oxygen atoms in total. The number of hydrogen-bond acceptors (Lipinski definition) is 5. The Morgan fingerprint density at radius 1 is 1.00 bits per heavy atom. The van der Waals surface area contributed by atoms with E-state index < -0.39 is 0 Å². The smallest absolute Gasteiger partial charge is 0.163 e. The lowest BCUT2D eigenvalue weighted by Crippen LogP contribution is -2.04. The molecule has 5 heteroatoms. The van der Waals surface area contributed by atoms with Gasteiger partial charge in [-0.2, -0.15) is 0 Å². The third-order valence-corrected chi connectivity index (χ3v) is 6.23. The fraction of sp³-hybridized carbons (Fsp3) is 0.417. The van der Waals surface area contributed by atoms with Gasteiger partial charge in [0.15, 0.2) is 11.6 Å². The number of ether oxygens (including phenoxy) is 1. The molecule has 0 saturated carbocycles. The van der Waals surface area contributed by atoms with Crippen molar-refractivity contribution in [3.63, 3.8) is 0 Å². The van der Waals surface area contributed by atoms with Gasteiger partial charge in [-0.3, -0.25) is 9.59 Å². The maximum absolute atomic E-state index is 11.7. The van der Waals surface area contributed by atoms with Gasteiger partial charge in [-0.05, 0) is 75.9 Å². The van der Waals surface area contributed by atoms with Crippen molar-refractivity contribution in [1.29, 1.82) is 0 Å². The molecule has 0 aliphatic heterocycles. The van der Waals surface area contributed by atoms with E-state index >= 15 is 0 Å². The quantitative estimate of drug-likeness (QED) is 0.297. The molecule has 0 heterocycles. The maximum Gasteiger partial charge on any atom is 0.163 e. The second-order valence-corrected chi connectivity index (χ2v) is 8.35. The van der Waals surface area contributed by atoms with E-state index in [1.54, 1.807) is 24.8 Å². The Morgan fingerprint density at radius 3 is 2.28 bits per heavy atom. The van der Waals surface area contributed by atoms with Gasteiger partial charge in [-0.15, -0.1) is 11.8 Å². The summed E-state index contributed by atoms with van der Waals surface area (Å²) in [4.78, 5) is 24.3. The molecule has 1 N–H and O–H groups in total. The second-order valence-electron chi connectivity index (χ2n) is 7.21. The first-order valence-corrected chi connectivity index (χ1v) is 11.0. The van der Waals surface area contributed by atoms with E-state index in [2.05, 4.69) is 6.92 Å². The molecule has 2 rings (SSSR count). The van der Waals surface area contributed by atoms with Gasteiger partial charge in [-0.1, -0.05) is 13.3 Å². The molecule has 0 aliphatic rings. The van der Waals surface area contributed by atoms with Crippen molar-refractivity contribution in [2.75, 3.05) is 12.4 Å². The van der Waals surface area contributed by atoms with Crippen LogP contribution in [0, 0.1) is 13.8 Å². The molecule has 0 radical (unpaired) electrons. The Morgan fingerprint density at radius 2 is 1.66 bits per heavy atom. The van der Waals surface area contributed by atoms with Crippen LogP contribution < -0.4 is 4.74 Å². The van der Waals surface area contributed by atoms with Crippen molar-refractivity contribution < 1.29 is 19.4 Å². The summed E-state index contributed by atoms with van der Waals surface area (Å²) < 4.78 is 5.92. The molecule has 0 spiro atoms. The van der Waals surface area contributed by atoms with E-state index in [9.17, 15) is 14.7 Å². The van der Waals surface area contributed by atoms with E-state index in [0.717, 1.165) is 57.9 Å². The van der Waals surface area contributed by atoms with Gasteiger partial charge < -0.3 is 9.84 Å². The van der Waals surface area contributed by atoms with Crippen molar-refractivity contribution in [3.05, 3.63) is 52.1 Å². The van der Waals surface area contributed by atoms with Gasteiger partial charge >= 0.3 is 0 Å². The zero-order chi connectivity index (χ0) is 21.6. The third kappa shape index (κ3) is 5.63. The number of ketones is 2. The molecule has 29 heavy (non-hydrogen) atoms. The molecule has 0 bridgehead atoms. The molecule has 0 fully saturated rings. The van der Waals surface area contributed by atoms with E-state index in [1.165, 1.54) is 6.92 Å². The fourth-order valence-corrected chi connectivity index (χ4v) is 4.30. The molecule has 156 valence electrons. The second kappa shape index (κ2) is 10.5. The number of carbonyl (C=O) groups is 2. The van der Waals surface area contributed by atoms with Crippen molar-refractivity contribution in [2.24, 2.45) is 0 Å². The van der Waals surface area contributed by atoms with Crippen LogP contribution in [0.3, 0.4) is 0 Å². The van der Waals surface area contributed by atoms with Crippen LogP contribution in [0.2, 0.25) is 0 Å². The van der Waals surface area contributed by atoms with Gasteiger partial charge in [0, 0.05) is 21.8 Å². The van der Waals surface area contributed by atoms with Crippen LogP contribution in [-0.2, 0) is 6.42 Å². The topological polar surface area (TPSA) is 63.6 Å². The normalized spacial score (nSPS) is 10.8. The summed E-state index contributed by atoms with van der Waals surface area (Å²) in [5.74, 6) is 1.73. The van der Waals surface area contributed by atoms with Crippen molar-refractivity contribution in [3.8, 4) is 11.5 Å². The summed E-state index contributed by atoms with van der Waals surface area (Å²) in [6.07, 6.45) is 2.49. The molecule has 0 aliphatic carbocycles. The summed E-state index contributed by atoms with van der Waals surface area (Å²) in [6, 6.07) is 7.33. The van der Waals surface area contributed by atoms with E-state index in [1.807, 2.05) is 32.0 Å². The van der Waals surface area contributed by atoms with E-state index in [-0.39, 0.29) is 17.3 Å². The summed E-state index contributed by atoms with van der Waals surface area (Å²) in [5.41, 5.74) is 3.95. The minimum Gasteiger partial charge on any atom is -0.507 e. The van der Waals surface area contributed by atoms with Gasteiger partial charge in [0.05, 0.1) is 12.2 Å². The molecule has 0 amide bonds. The summed E-state index contributed by atoms with van der Waals surface area (Å²) in [5, 5.41) is 10.5. The molecular formula is C24H30O4S. The molecule has 2 aromatic carbocycles. The molecule has 0 atom stereocenters. The highest BCUT2D eigenvalue weighted by Gasteiger charge is 2.15. The predicted molar refractivity (Wildman–Crippen MR) is 119 cm³/mol. The minimum atomic E-state index is -0.119. The molecule has 2 aromatic rings. The first kappa shape index (κ1) is 23.0. The predicted octanol–water partition coefficient (Wildman–Crippen LogP) is 5.93. The number of benzene rings is 2. The number of rotatable bonds is 10. The largest absolute Gasteiger partial charge is 0.507 e. The van der Waals surface area contributed by atoms with Crippen LogP contribution in [0.1, 0.15) is 71.0 Å². The van der Waals surface area contributed by atoms with Crippen molar-refractivity contribution in [1.82, 2.24) is 0 Å². The monoisotopic (exact) mass is 414 g/mol. The van der Waals surface area contributed by atoms with Crippen LogP contribution in [0.4, 0.5) is 0 Å². The zero-order valence-electron chi connectivity index (χ0n) is 17.9. The van der Waals surface area contributed by atoms with Crippen LogP contribution in [0.25, 0.3) is 0 Å². The lowest BCUT2D eigenvalue weighted by atomic mass is 10.00. The highest BCUT2D eigenvalue weighted by atomic mass is 32.2. The highest BCUT2D eigenvalue weighted by molar-refractivity contribution is 7.99. The first-order valence-electron chi connectivity index (χ1n) is 10.00. The SMILES string of the molecule is CCCc1c(SCCCOc2ccc(C(C)=O)c(C)c2C)ccc(C(C)=O)c1O. The summed E-state index contributed by atoms with van der Waals surface area (Å²) >= 11 is 1.67. The van der Waals surface area contributed by atoms with Crippen LogP contribution in [0.5, 0.6) is 11.5 Å². The number of hydrogen-bond donors (Lipinski definition) is 1. The average Bonchev–Trinajstić information content (AvgIpc) is 2.66. The lowest BCUT2D eigenvalue weighted by Gasteiger charge is -2.14. The highest BCUT2D eigenvalue weighted by Crippen LogP contribution is 2.34. The molecular weight excluding hydrogens is 384 g/mol. The fourth-order valence-electron chi connectivity index (χ4n) is 3.29. The zero-order valence-corrected chi connectivity index (χ0v) is 18.7. The Hall–Kier alpha value is -2.27. The van der Waals surface area contributed by atoms with Crippen molar-refractivity contribution in [2.45, 2.75) is 58.8 Å². The lowest BCUT2D eigenvalue weighted by molar-refractivity contribution is 0.100. The third-order valence-electron chi connectivity index (χ3n) is 5.04. The van der Waals surface area contributed by atoms with Crippen LogP contribution >= 0.6 is 11.8 Å². The standard InChI is InChI=1S/C24H30O4S/c1-6-8-21-23(12-10-20(18(5)26)24(21)27)29-14-7-13-28-22-11-9-19(17(4)25)15(2)16(22)3/h9-12,27H,6-8,13-14H2,1-5H3. The number of Topliss-reactive ketones (excluding diaryl/α,β-unsaturated/α-hetero) is 2. The Balaban J connectivity index is 1.96. The molecule has 0 saturated heterocycles. The number of phenols is 1. The minimum absolute atomic E-state index is 0.0653. The van der Waals surface area contributed by atoms with Gasteiger partial charge in [-0.25, -0.2) is 0 Å². The number of thioether (sulfide) groups is 1. The maximum atomic E-state index is 11.7. The first-order chi connectivity index (χ1) is 13.8. The number of carbonyl (C=O) groups excluding carboxylic acids is 2. The number of phenolic OH excluding ortho intramolecular Hbond substituents is 1.